The first-order valence-electron chi connectivity index (χ1n) is 14.9. The largest absolute Gasteiger partial charge is 0.456 e. The molecule has 1 aliphatic rings. The van der Waals surface area contributed by atoms with Crippen LogP contribution in [0.2, 0.25) is 0 Å². The van der Waals surface area contributed by atoms with Crippen molar-refractivity contribution >= 4 is 34.5 Å². The lowest BCUT2D eigenvalue weighted by Crippen LogP contribution is -2.29. The Morgan fingerprint density at radius 3 is 2.07 bits per heavy atom. The summed E-state index contributed by atoms with van der Waals surface area (Å²) in [4.78, 5) is 45.7. The van der Waals surface area contributed by atoms with E-state index in [1.165, 1.54) is 4.90 Å². The number of anilines is 1. The number of aromatic nitrogens is 2. The van der Waals surface area contributed by atoms with Gasteiger partial charge in [0.2, 0.25) is 0 Å². The van der Waals surface area contributed by atoms with Crippen LogP contribution >= 0.6 is 0 Å². The van der Waals surface area contributed by atoms with Crippen LogP contribution in [0.15, 0.2) is 84.9 Å². The molecule has 6 rings (SSSR count). The van der Waals surface area contributed by atoms with E-state index in [-0.39, 0.29) is 17.8 Å². The number of esters is 1. The van der Waals surface area contributed by atoms with Gasteiger partial charge in [-0.1, -0.05) is 61.5 Å². The standard InChI is InChI=1S/C37H35N3O4/c1-6-11-32-38-33-23(2)20-26(40-34(41)28-13-8-9-14-29(28)35(40)42)21-31(33)39(32)22-24-16-18-25(19-17-24)27-12-7-10-15-30(27)36(43)44-37(3,4)5/h7-10,12-21H,6,11,22H2,1-5H3. The third-order valence-electron chi connectivity index (χ3n) is 7.79. The van der Waals surface area contributed by atoms with Gasteiger partial charge in [0.1, 0.15) is 11.4 Å². The molecule has 0 atom stereocenters. The summed E-state index contributed by atoms with van der Waals surface area (Å²) in [5.41, 5.74) is 6.75. The molecule has 0 radical (unpaired) electrons. The van der Waals surface area contributed by atoms with Gasteiger partial charge in [0.05, 0.1) is 33.4 Å². The molecule has 0 saturated carbocycles. The Bertz CT molecular complexity index is 1890. The molecule has 0 bridgehead atoms. The van der Waals surface area contributed by atoms with Crippen LogP contribution in [0.4, 0.5) is 5.69 Å². The van der Waals surface area contributed by atoms with Crippen molar-refractivity contribution in [2.24, 2.45) is 0 Å². The average molecular weight is 586 g/mol. The summed E-state index contributed by atoms with van der Waals surface area (Å²) in [7, 11) is 0. The summed E-state index contributed by atoms with van der Waals surface area (Å²) < 4.78 is 7.83. The SMILES string of the molecule is CCCc1nc2c(C)cc(N3C(=O)c4ccccc4C3=O)cc2n1Cc1ccc(-c2ccccc2C(=O)OC(C)(C)C)cc1. The van der Waals surface area contributed by atoms with Crippen LogP contribution in [0.25, 0.3) is 22.2 Å². The van der Waals surface area contributed by atoms with E-state index in [1.54, 1.807) is 30.3 Å². The molecule has 0 N–H and O–H groups in total. The molecule has 4 aromatic carbocycles. The minimum atomic E-state index is -0.588. The van der Waals surface area contributed by atoms with E-state index in [9.17, 15) is 14.4 Å². The summed E-state index contributed by atoms with van der Waals surface area (Å²) >= 11 is 0. The lowest BCUT2D eigenvalue weighted by Gasteiger charge is -2.20. The highest BCUT2D eigenvalue weighted by Crippen LogP contribution is 2.33. The van der Waals surface area contributed by atoms with E-state index >= 15 is 0 Å². The monoisotopic (exact) mass is 585 g/mol. The van der Waals surface area contributed by atoms with Crippen molar-refractivity contribution in [3.8, 4) is 11.1 Å². The molecule has 222 valence electrons. The lowest BCUT2D eigenvalue weighted by atomic mass is 9.98. The van der Waals surface area contributed by atoms with Crippen molar-refractivity contribution in [2.75, 3.05) is 4.90 Å². The van der Waals surface area contributed by atoms with Gasteiger partial charge in [-0.15, -0.1) is 0 Å². The summed E-state index contributed by atoms with van der Waals surface area (Å²) in [5.74, 6) is -0.0298. The third kappa shape index (κ3) is 5.30. The molecular formula is C37H35N3O4. The minimum absolute atomic E-state index is 0.313. The maximum Gasteiger partial charge on any atom is 0.339 e. The normalized spacial score (nSPS) is 13.1. The quantitative estimate of drug-likeness (QED) is 0.144. The molecule has 2 heterocycles. The van der Waals surface area contributed by atoms with Gasteiger partial charge >= 0.3 is 5.97 Å². The molecule has 0 spiro atoms. The first kappa shape index (κ1) is 29.1. The molecule has 5 aromatic rings. The number of carbonyl (C=O) groups excluding carboxylic acids is 3. The maximum atomic E-state index is 13.3. The Balaban J connectivity index is 1.35. The fraction of sp³-hybridized carbons (Fsp3) is 0.243. The number of nitrogens with zero attached hydrogens (tertiary/aromatic N) is 3. The predicted octanol–water partition coefficient (Wildman–Crippen LogP) is 7.77. The molecule has 0 aliphatic carbocycles. The number of ether oxygens (including phenoxy) is 1. The fourth-order valence-corrected chi connectivity index (χ4v) is 5.78. The summed E-state index contributed by atoms with van der Waals surface area (Å²) in [5, 5.41) is 0. The zero-order valence-electron chi connectivity index (χ0n) is 25.7. The number of benzene rings is 4. The molecule has 0 unspecified atom stereocenters. The Labute approximate surface area is 257 Å². The van der Waals surface area contributed by atoms with Gasteiger partial charge in [0.15, 0.2) is 0 Å². The number of carbonyl (C=O) groups is 3. The van der Waals surface area contributed by atoms with E-state index in [1.807, 2.05) is 70.2 Å². The number of hydrogen-bond acceptors (Lipinski definition) is 5. The van der Waals surface area contributed by atoms with Gasteiger partial charge in [0, 0.05) is 13.0 Å². The van der Waals surface area contributed by atoms with E-state index < -0.39 is 5.60 Å². The maximum absolute atomic E-state index is 13.3. The number of imidazole rings is 1. The van der Waals surface area contributed by atoms with Gasteiger partial charge in [-0.05, 0) is 86.7 Å². The predicted molar refractivity (Wildman–Crippen MR) is 172 cm³/mol. The van der Waals surface area contributed by atoms with Gasteiger partial charge in [-0.3, -0.25) is 9.59 Å². The van der Waals surface area contributed by atoms with E-state index in [2.05, 4.69) is 23.6 Å². The number of fused-ring (bicyclic) bond motifs is 2. The Kier molecular flexibility index (Phi) is 7.41. The molecular weight excluding hydrogens is 550 g/mol. The number of rotatable bonds is 7. The van der Waals surface area contributed by atoms with Gasteiger partial charge in [0.25, 0.3) is 11.8 Å². The summed E-state index contributed by atoms with van der Waals surface area (Å²) in [6, 6.07) is 26.4. The van der Waals surface area contributed by atoms with Crippen molar-refractivity contribution in [1.29, 1.82) is 0 Å². The first-order chi connectivity index (χ1) is 21.1. The topological polar surface area (TPSA) is 81.5 Å². The number of imide groups is 1. The highest BCUT2D eigenvalue weighted by atomic mass is 16.6. The van der Waals surface area contributed by atoms with E-state index in [4.69, 9.17) is 9.72 Å². The van der Waals surface area contributed by atoms with Crippen molar-refractivity contribution in [3.05, 3.63) is 119 Å². The molecule has 1 aliphatic heterocycles. The zero-order chi connectivity index (χ0) is 31.2. The first-order valence-corrected chi connectivity index (χ1v) is 14.9. The summed E-state index contributed by atoms with van der Waals surface area (Å²) in [6.07, 6.45) is 1.71. The average Bonchev–Trinajstić information content (AvgIpc) is 3.46. The van der Waals surface area contributed by atoms with Crippen LogP contribution < -0.4 is 4.90 Å². The molecule has 0 fully saturated rings. The van der Waals surface area contributed by atoms with Crippen molar-refractivity contribution in [2.45, 2.75) is 59.6 Å². The smallest absolute Gasteiger partial charge is 0.339 e. The molecule has 0 saturated heterocycles. The highest BCUT2D eigenvalue weighted by molar-refractivity contribution is 6.34. The number of amides is 2. The van der Waals surface area contributed by atoms with Gasteiger partial charge in [-0.25, -0.2) is 14.7 Å². The number of hydrogen-bond donors (Lipinski definition) is 0. The van der Waals surface area contributed by atoms with Gasteiger partial charge in [-0.2, -0.15) is 0 Å². The molecule has 44 heavy (non-hydrogen) atoms. The molecule has 2 amide bonds. The molecule has 7 nitrogen and oxygen atoms in total. The fourth-order valence-electron chi connectivity index (χ4n) is 5.78. The highest BCUT2D eigenvalue weighted by Gasteiger charge is 2.36. The van der Waals surface area contributed by atoms with E-state index in [0.29, 0.717) is 28.9 Å². The molecule has 7 heteroatoms. The number of aryl methyl sites for hydroxylation is 2. The zero-order valence-corrected chi connectivity index (χ0v) is 25.7. The van der Waals surface area contributed by atoms with Gasteiger partial charge < -0.3 is 9.30 Å². The third-order valence-corrected chi connectivity index (χ3v) is 7.79. The van der Waals surface area contributed by atoms with E-state index in [0.717, 1.165) is 52.0 Å². The van der Waals surface area contributed by atoms with Crippen molar-refractivity contribution in [3.63, 3.8) is 0 Å². The van der Waals surface area contributed by atoms with Crippen molar-refractivity contribution in [1.82, 2.24) is 9.55 Å². The van der Waals surface area contributed by atoms with Crippen LogP contribution in [-0.2, 0) is 17.7 Å². The second-order valence-electron chi connectivity index (χ2n) is 12.2. The second kappa shape index (κ2) is 11.2. The molecule has 1 aromatic heterocycles. The Morgan fingerprint density at radius 2 is 1.45 bits per heavy atom. The minimum Gasteiger partial charge on any atom is -0.456 e. The summed E-state index contributed by atoms with van der Waals surface area (Å²) in [6.45, 7) is 10.2. The Hall–Kier alpha value is -5.04. The van der Waals surface area contributed by atoms with Crippen LogP contribution in [0, 0.1) is 6.92 Å². The van der Waals surface area contributed by atoms with Crippen molar-refractivity contribution < 1.29 is 19.1 Å². The van der Waals surface area contributed by atoms with Crippen LogP contribution in [0.3, 0.4) is 0 Å². The van der Waals surface area contributed by atoms with Crippen LogP contribution in [0.1, 0.15) is 82.1 Å². The van der Waals surface area contributed by atoms with Crippen LogP contribution in [0.5, 0.6) is 0 Å². The second-order valence-corrected chi connectivity index (χ2v) is 12.2. The Morgan fingerprint density at radius 1 is 0.841 bits per heavy atom. The lowest BCUT2D eigenvalue weighted by molar-refractivity contribution is 0.00702. The van der Waals surface area contributed by atoms with Crippen LogP contribution in [-0.4, -0.2) is 32.9 Å².